The van der Waals surface area contributed by atoms with Crippen LogP contribution in [0.15, 0.2) is 389 Å². The number of fused-ring (bicyclic) bond motifs is 5. The number of para-hydroxylation sites is 2. The number of aromatic nitrogens is 5. The van der Waals surface area contributed by atoms with Crippen molar-refractivity contribution < 1.29 is 68.6 Å². The van der Waals surface area contributed by atoms with Gasteiger partial charge in [0.25, 0.3) is 0 Å². The molecule has 21 rings (SSSR count). The highest BCUT2D eigenvalue weighted by molar-refractivity contribution is 6.43. The number of hydrogen-bond acceptors (Lipinski definition) is 17. The number of cyclic esters (lactones) is 1. The quantitative estimate of drug-likeness (QED) is 0.0182. The number of unbranched alkanes of at least 4 members (excludes halogenated alkanes) is 1. The van der Waals surface area contributed by atoms with Gasteiger partial charge in [0.15, 0.2) is 41.3 Å². The first-order chi connectivity index (χ1) is 67.7. The lowest BCUT2D eigenvalue weighted by Crippen LogP contribution is -2.36. The number of aliphatic hydroxyl groups excluding tert-OH is 4. The lowest BCUT2D eigenvalue weighted by Gasteiger charge is -2.37. The summed E-state index contributed by atoms with van der Waals surface area (Å²) in [5.41, 5.74) is 21.0. The highest BCUT2D eigenvalue weighted by Crippen LogP contribution is 2.53. The SMILES string of the molecule is C1=CC(=Cc2ccnc(-c3cc(C=C4C=CC=C4)ccn3)c2)C=C1.CC(CC(=O)n1c2ccccc2c2ccccc21)=C1C=CC=C1.CCCCc1nc(C=C2C=CC=C2)c(Cl)[nH]1.COc1cc(C2Oc3cc(C4Oc5cccc(O)c5C(=C5C=CC=C5)C4C)ccc3OC2CO)ccc1O.O=C1OC([C@H](O)CO)C(=C2\C=CCC2)/C1=C1/C=CCC1.OC(COc1cc(Cl)c(Cl)cc1Cl)=C1C=CC=C1. The number of allylic oxidation sites excluding steroid dienone is 37. The zero-order valence-electron chi connectivity index (χ0n) is 76.8. The molecule has 23 heteroatoms. The second-order valence-corrected chi connectivity index (χ2v) is 35.5. The Morgan fingerprint density at radius 1 is 0.576 bits per heavy atom. The van der Waals surface area contributed by atoms with Crippen LogP contribution in [0.1, 0.15) is 122 Å². The van der Waals surface area contributed by atoms with Crippen LogP contribution in [0.2, 0.25) is 20.2 Å². The van der Waals surface area contributed by atoms with Crippen molar-refractivity contribution in [2.24, 2.45) is 5.92 Å². The maximum Gasteiger partial charge on any atom is 0.339 e. The number of methoxy groups -OCH3 is 1. The Morgan fingerprint density at radius 3 is 1.74 bits per heavy atom. The molecule has 6 atom stereocenters. The molecule has 704 valence electrons. The third-order valence-electron chi connectivity index (χ3n) is 24.4. The summed E-state index contributed by atoms with van der Waals surface area (Å²) < 4.78 is 36.8. The molecule has 19 nitrogen and oxygen atoms in total. The zero-order valence-corrected chi connectivity index (χ0v) is 79.8. The lowest BCUT2D eigenvalue weighted by molar-refractivity contribution is -0.143. The number of phenolic OH excluding ortho intramolecular Hbond substituents is 2. The van der Waals surface area contributed by atoms with Crippen molar-refractivity contribution in [1.82, 2.24) is 24.5 Å². The number of carbonyl (C=O) groups excluding carboxylic acids is 2. The van der Waals surface area contributed by atoms with Gasteiger partial charge in [-0.2, -0.15) is 0 Å². The Bertz CT molecular complexity index is 6920. The first kappa shape index (κ1) is 97.6. The molecule has 4 aromatic heterocycles. The fraction of sp³-hybridized carbons (Fsp3) is 0.181. The molecule has 1 saturated heterocycles. The van der Waals surface area contributed by atoms with Crippen molar-refractivity contribution in [3.05, 3.63) is 449 Å². The number of rotatable bonds is 18. The summed E-state index contributed by atoms with van der Waals surface area (Å²) >= 11 is 23.7. The Hall–Kier alpha value is -14.5. The number of H-pyrrole nitrogens is 1. The van der Waals surface area contributed by atoms with Gasteiger partial charge < -0.3 is 64.0 Å². The molecule has 3 aliphatic heterocycles. The van der Waals surface area contributed by atoms with E-state index in [1.807, 2.05) is 218 Å². The van der Waals surface area contributed by atoms with Crippen LogP contribution in [0, 0.1) is 5.92 Å². The molecular weight excluding hydrogens is 1830 g/mol. The number of nitrogens with zero attached hydrogens (tertiary/aromatic N) is 4. The number of nitrogens with one attached hydrogen (secondary N) is 1. The Labute approximate surface area is 827 Å². The number of aromatic amines is 1. The Balaban J connectivity index is 0.000000124. The van der Waals surface area contributed by atoms with Crippen molar-refractivity contribution in [3.63, 3.8) is 0 Å². The molecule has 0 bridgehead atoms. The van der Waals surface area contributed by atoms with E-state index >= 15 is 0 Å². The number of phenols is 2. The van der Waals surface area contributed by atoms with E-state index in [1.165, 1.54) is 42.9 Å². The molecule has 0 spiro atoms. The Morgan fingerprint density at radius 2 is 1.14 bits per heavy atom. The molecule has 0 amide bonds. The topological polar surface area (TPSA) is 270 Å². The molecule has 1 fully saturated rings. The van der Waals surface area contributed by atoms with Crippen LogP contribution in [0.4, 0.5) is 0 Å². The molecular formula is C116H103Cl4N5O14. The van der Waals surface area contributed by atoms with Crippen LogP contribution in [-0.4, -0.2) is 112 Å². The summed E-state index contributed by atoms with van der Waals surface area (Å²) in [4.78, 5) is 41.7. The van der Waals surface area contributed by atoms with E-state index in [9.17, 15) is 40.2 Å². The van der Waals surface area contributed by atoms with Crippen molar-refractivity contribution >= 4 is 104 Å². The van der Waals surface area contributed by atoms with Crippen LogP contribution in [0.3, 0.4) is 0 Å². The molecule has 0 radical (unpaired) electrons. The van der Waals surface area contributed by atoms with Gasteiger partial charge in [0, 0.05) is 64.7 Å². The van der Waals surface area contributed by atoms with Crippen LogP contribution >= 0.6 is 46.4 Å². The van der Waals surface area contributed by atoms with Crippen molar-refractivity contribution in [2.75, 3.05) is 26.9 Å². The minimum Gasteiger partial charge on any atom is -0.508 e. The van der Waals surface area contributed by atoms with Crippen molar-refractivity contribution in [1.29, 1.82) is 0 Å². The number of aromatic hydroxyl groups is 2. The molecule has 7 N–H and O–H groups in total. The second kappa shape index (κ2) is 46.1. The number of aliphatic hydroxyl groups is 4. The van der Waals surface area contributed by atoms with Crippen LogP contribution in [-0.2, 0) is 16.0 Å². The second-order valence-electron chi connectivity index (χ2n) is 33.9. The standard InChI is InChI=1S/C31H28O7.C22H16N2.C21H17NO.C16H18O4.C13H9Cl3O2.C13H15ClN2/c1-17-28(18-6-3-4-7-18)29-22(34)8-5-9-24(29)37-30(17)19-11-13-23-26(15-19)38-31(27(16-32)36-23)20-10-12-21(33)25(14-20)35-2;1-2-6-17(5-1)13-19-9-11-23-21(15-19)22-16-20(10-12-24-22)14-18-7-3-4-8-18;1-15(16-8-2-3-9-16)14-21(23)22-19-12-6-4-10-17(19)18-11-5-7-13-20(18)22;17-9-12(18)15-13(10-5-1-2-6-10)14(16(19)20-15)11-7-3-4-8-11;14-9-5-11(16)13(6-10(9)15)18-7-12(17)8-3-1-2-4-8;1-2-3-8-12-15-11(13(14)16-12)9-10-6-4-5-7-10/h3-15,17,27,30-34H,16H2,1-2H3;1-16H;2-13H,14H2,1H3;1,3,5,7,12,15,17-18H,2,4,6,8-9H2;1-6,17H,7H2;4-7,9H,2-3,8H2,1H3,(H,15,16)/b;;;13-10+,14-11+;;/t;;;12-,15?;;/m...1../s1. The normalized spacial score (nSPS) is 19.3. The lowest BCUT2D eigenvalue weighted by atomic mass is 9.80. The fourth-order valence-corrected chi connectivity index (χ4v) is 18.3. The van der Waals surface area contributed by atoms with Gasteiger partial charge in [-0.3, -0.25) is 19.3 Å². The predicted molar refractivity (Wildman–Crippen MR) is 555 cm³/mol. The fourth-order valence-electron chi connectivity index (χ4n) is 17.5. The van der Waals surface area contributed by atoms with Gasteiger partial charge in [0.2, 0.25) is 5.91 Å². The molecule has 11 aliphatic rings. The number of imidazole rings is 1. The van der Waals surface area contributed by atoms with E-state index in [0.717, 1.165) is 145 Å². The van der Waals surface area contributed by atoms with Gasteiger partial charge >= 0.3 is 5.97 Å². The van der Waals surface area contributed by atoms with Gasteiger partial charge in [-0.15, -0.1) is 0 Å². The van der Waals surface area contributed by atoms with Crippen LogP contribution in [0.25, 0.3) is 57.0 Å². The third-order valence-corrected chi connectivity index (χ3v) is 25.7. The van der Waals surface area contributed by atoms with E-state index in [1.54, 1.807) is 36.4 Å². The van der Waals surface area contributed by atoms with Crippen LogP contribution < -0.4 is 23.7 Å². The van der Waals surface area contributed by atoms with Crippen LogP contribution in [0.5, 0.6) is 40.2 Å². The maximum absolute atomic E-state index is 13.0. The Kier molecular flexibility index (Phi) is 32.4. The van der Waals surface area contributed by atoms with E-state index in [4.69, 9.17) is 74.8 Å². The molecule has 10 aromatic rings. The van der Waals surface area contributed by atoms with Crippen molar-refractivity contribution in [2.45, 2.75) is 103 Å². The molecule has 6 aromatic carbocycles. The summed E-state index contributed by atoms with van der Waals surface area (Å²) in [5, 5.41) is 63.6. The van der Waals surface area contributed by atoms with E-state index in [2.05, 4.69) is 113 Å². The largest absolute Gasteiger partial charge is 0.508 e. The molecule has 8 aliphatic carbocycles. The highest BCUT2D eigenvalue weighted by atomic mass is 35.5. The third kappa shape index (κ3) is 23.5. The summed E-state index contributed by atoms with van der Waals surface area (Å²) in [5.74, 6) is 3.31. The molecule has 5 unspecified atom stereocenters. The van der Waals surface area contributed by atoms with E-state index in [0.29, 0.717) is 77.7 Å². The number of pyridine rings is 2. The summed E-state index contributed by atoms with van der Waals surface area (Å²) in [6.45, 7) is 5.63. The summed E-state index contributed by atoms with van der Waals surface area (Å²) in [6, 6.07) is 43.3. The first-order valence-electron chi connectivity index (χ1n) is 46.0. The van der Waals surface area contributed by atoms with Crippen molar-refractivity contribution in [3.8, 4) is 51.6 Å². The zero-order chi connectivity index (χ0) is 97.0. The molecule has 7 heterocycles. The number of halogens is 4. The van der Waals surface area contributed by atoms with E-state index in [-0.39, 0.29) is 54.4 Å². The summed E-state index contributed by atoms with van der Waals surface area (Å²) in [7, 11) is 1.48. The van der Waals surface area contributed by atoms with Gasteiger partial charge in [-0.1, -0.05) is 297 Å². The first-order valence-corrected chi connectivity index (χ1v) is 47.5. The minimum absolute atomic E-state index is 0.0156. The number of hydrogen-bond donors (Lipinski definition) is 7. The predicted octanol–water partition coefficient (Wildman–Crippen LogP) is 26.5. The number of carbonyl (C=O) groups is 2. The highest BCUT2D eigenvalue weighted by Gasteiger charge is 2.43. The van der Waals surface area contributed by atoms with Gasteiger partial charge in [0.05, 0.1) is 68.9 Å². The number of aryl methyl sites for hydroxylation is 1. The maximum atomic E-state index is 13.0. The number of benzene rings is 6. The molecule has 139 heavy (non-hydrogen) atoms. The minimum atomic E-state index is -1.07. The number of esters is 1. The molecule has 0 saturated carbocycles. The van der Waals surface area contributed by atoms with Gasteiger partial charge in [-0.25, -0.2) is 9.78 Å². The smallest absolute Gasteiger partial charge is 0.339 e. The average Bonchev–Trinajstić information content (AvgIpc) is 1.50. The average molecular weight is 1930 g/mol. The van der Waals surface area contributed by atoms with Gasteiger partial charge in [0.1, 0.15) is 58.5 Å². The monoisotopic (exact) mass is 1930 g/mol. The summed E-state index contributed by atoms with van der Waals surface area (Å²) in [6.07, 6.45) is 69.8. The van der Waals surface area contributed by atoms with Gasteiger partial charge in [-0.05, 0) is 197 Å². The van der Waals surface area contributed by atoms with E-state index < -0.39 is 31.0 Å². The number of ether oxygens (including phenoxy) is 6.